The largest absolute Gasteiger partial charge is 0.476 e. The van der Waals surface area contributed by atoms with Crippen LogP contribution in [0.2, 0.25) is 0 Å². The molecule has 0 amide bonds. The van der Waals surface area contributed by atoms with Crippen LogP contribution in [0.5, 0.6) is 5.88 Å². The Morgan fingerprint density at radius 2 is 2.16 bits per heavy atom. The number of carbonyl (C=O) groups excluding carboxylic acids is 1. The third-order valence-corrected chi connectivity index (χ3v) is 7.84. The predicted molar refractivity (Wildman–Crippen MR) is 147 cm³/mol. The molecule has 2 aromatic heterocycles. The van der Waals surface area contributed by atoms with Gasteiger partial charge in [-0.05, 0) is 62.4 Å². The molecule has 9 nitrogen and oxygen atoms in total. The molecule has 0 radical (unpaired) electrons. The van der Waals surface area contributed by atoms with Crippen molar-refractivity contribution in [2.45, 2.75) is 31.7 Å². The van der Waals surface area contributed by atoms with Crippen molar-refractivity contribution < 1.29 is 14.3 Å². The van der Waals surface area contributed by atoms with Crippen LogP contribution < -0.4 is 15.8 Å². The molecule has 1 aliphatic carbocycles. The van der Waals surface area contributed by atoms with Crippen molar-refractivity contribution in [3.05, 3.63) is 52.3 Å². The molecule has 2 bridgehead atoms. The van der Waals surface area contributed by atoms with Crippen LogP contribution in [0.15, 0.2) is 41.0 Å². The van der Waals surface area contributed by atoms with Gasteiger partial charge in [-0.3, -0.25) is 9.88 Å². The Kier molecular flexibility index (Phi) is 7.13. The zero-order valence-corrected chi connectivity index (χ0v) is 23.0. The second-order valence-corrected chi connectivity index (χ2v) is 11.1. The molecule has 196 valence electrons. The number of rotatable bonds is 8. The van der Waals surface area contributed by atoms with Gasteiger partial charge in [0.2, 0.25) is 5.88 Å². The van der Waals surface area contributed by atoms with Gasteiger partial charge in [0.1, 0.15) is 6.61 Å². The molecule has 3 heterocycles. The van der Waals surface area contributed by atoms with Crippen molar-refractivity contribution in [3.63, 3.8) is 0 Å². The van der Waals surface area contributed by atoms with E-state index in [2.05, 4.69) is 42.3 Å². The van der Waals surface area contributed by atoms with Gasteiger partial charge < -0.3 is 20.5 Å². The number of hydrogen-bond acceptors (Lipinski definition) is 8. The summed E-state index contributed by atoms with van der Waals surface area (Å²) in [5.74, 6) is 0.892. The number of aromatic nitrogens is 3. The quantitative estimate of drug-likeness (QED) is 0.306. The number of nitrogens with zero attached hydrogens (tertiary/aromatic N) is 4. The lowest BCUT2D eigenvalue weighted by Gasteiger charge is -2.41. The van der Waals surface area contributed by atoms with E-state index in [1.54, 1.807) is 23.0 Å². The summed E-state index contributed by atoms with van der Waals surface area (Å²) in [6.45, 7) is 5.18. The van der Waals surface area contributed by atoms with E-state index in [9.17, 15) is 4.79 Å². The molecule has 5 rings (SSSR count). The number of anilines is 2. The maximum Gasteiger partial charge on any atom is 0.337 e. The van der Waals surface area contributed by atoms with Crippen molar-refractivity contribution in [2.24, 2.45) is 13.0 Å². The smallest absolute Gasteiger partial charge is 0.337 e. The Hall–Kier alpha value is -3.11. The number of nitrogen functional groups attached to an aromatic ring is 1. The number of carbonyl (C=O) groups is 1. The molecule has 2 aliphatic rings. The number of nitrogens with two attached hydrogens (primary N) is 1. The van der Waals surface area contributed by atoms with Crippen molar-refractivity contribution >= 4 is 33.3 Å². The molecule has 0 spiro atoms. The molecule has 1 saturated carbocycles. The molecule has 3 aromatic rings. The summed E-state index contributed by atoms with van der Waals surface area (Å²) < 4.78 is 13.9. The normalized spacial score (nSPS) is 21.1. The lowest BCUT2D eigenvalue weighted by Crippen LogP contribution is -2.52. The number of halogens is 1. The number of fused-ring (bicyclic) bond motifs is 2. The van der Waals surface area contributed by atoms with Gasteiger partial charge in [-0.1, -0.05) is 15.9 Å². The number of pyridine rings is 1. The summed E-state index contributed by atoms with van der Waals surface area (Å²) >= 11 is 3.57. The zero-order valence-electron chi connectivity index (χ0n) is 21.5. The maximum atomic E-state index is 12.1. The summed E-state index contributed by atoms with van der Waals surface area (Å²) in [7, 11) is 3.22. The summed E-state index contributed by atoms with van der Waals surface area (Å²) in [4.78, 5) is 19.2. The number of aryl methyl sites for hydroxylation is 2. The Morgan fingerprint density at radius 1 is 1.32 bits per heavy atom. The highest BCUT2D eigenvalue weighted by Crippen LogP contribution is 2.43. The van der Waals surface area contributed by atoms with Gasteiger partial charge in [0.05, 0.1) is 47.0 Å². The van der Waals surface area contributed by atoms with E-state index in [4.69, 9.17) is 15.2 Å². The van der Waals surface area contributed by atoms with Crippen molar-refractivity contribution in [2.75, 3.05) is 44.4 Å². The van der Waals surface area contributed by atoms with E-state index in [1.165, 1.54) is 13.5 Å². The second-order valence-electron chi connectivity index (χ2n) is 10.2. The first-order valence-electron chi connectivity index (χ1n) is 12.5. The van der Waals surface area contributed by atoms with E-state index in [0.717, 1.165) is 59.6 Å². The summed E-state index contributed by atoms with van der Waals surface area (Å²) in [5, 5.41) is 8.18. The molecule has 3 N–H and O–H groups in total. The molecule has 2 fully saturated rings. The fourth-order valence-electron chi connectivity index (χ4n) is 5.73. The molecule has 37 heavy (non-hydrogen) atoms. The number of hydrogen-bond donors (Lipinski definition) is 2. The number of likely N-dealkylation sites (tertiary alicyclic amines) is 1. The standard InChI is InChI=1S/C27H33BrN6O3/c1-17-10-19(26(35)36-3)11-23(31-17)21-14-30-33(2)25(21)37-9-8-34-15-18-6-7-27(13-18,16-34)32-24-12-20(28)4-5-22(24)29/h4-5,10-12,14,18,32H,6-9,13,15-16,29H2,1-3H3. The van der Waals surface area contributed by atoms with Crippen LogP contribution in [0.1, 0.15) is 35.3 Å². The van der Waals surface area contributed by atoms with Crippen LogP contribution in [0.3, 0.4) is 0 Å². The van der Waals surface area contributed by atoms with Crippen LogP contribution in [-0.2, 0) is 11.8 Å². The number of ether oxygens (including phenoxy) is 2. The molecule has 1 saturated heterocycles. The molecule has 1 aromatic carbocycles. The third kappa shape index (κ3) is 5.45. The number of nitrogens with one attached hydrogen (secondary N) is 1. The van der Waals surface area contributed by atoms with Gasteiger partial charge in [0.25, 0.3) is 0 Å². The van der Waals surface area contributed by atoms with Gasteiger partial charge in [-0.25, -0.2) is 9.48 Å². The highest BCUT2D eigenvalue weighted by molar-refractivity contribution is 9.10. The van der Waals surface area contributed by atoms with Crippen LogP contribution in [0.4, 0.5) is 11.4 Å². The first-order valence-corrected chi connectivity index (χ1v) is 13.3. The monoisotopic (exact) mass is 568 g/mol. The number of methoxy groups -OCH3 is 1. The lowest BCUT2D eigenvalue weighted by atomic mass is 9.90. The van der Waals surface area contributed by atoms with E-state index in [1.807, 2.05) is 26.1 Å². The van der Waals surface area contributed by atoms with Gasteiger partial charge in [-0.15, -0.1) is 0 Å². The Bertz CT molecular complexity index is 1310. The minimum Gasteiger partial charge on any atom is -0.476 e. The SMILES string of the molecule is COC(=O)c1cc(C)nc(-c2cnn(C)c2OCCN2CC3CCC(Nc4cc(Br)ccc4N)(C3)C2)c1. The third-order valence-electron chi connectivity index (χ3n) is 7.35. The minimum absolute atomic E-state index is 0.0191. The zero-order chi connectivity index (χ0) is 26.2. The van der Waals surface area contributed by atoms with E-state index >= 15 is 0 Å². The summed E-state index contributed by atoms with van der Waals surface area (Å²) in [6.07, 6.45) is 5.23. The number of benzene rings is 1. The molecule has 1 aliphatic heterocycles. The van der Waals surface area contributed by atoms with Crippen molar-refractivity contribution in [1.29, 1.82) is 0 Å². The average Bonchev–Trinajstić information content (AvgIpc) is 3.38. The fourth-order valence-corrected chi connectivity index (χ4v) is 6.09. The van der Waals surface area contributed by atoms with Crippen LogP contribution in [-0.4, -0.2) is 64.5 Å². The maximum absolute atomic E-state index is 12.1. The summed E-state index contributed by atoms with van der Waals surface area (Å²) in [5.41, 5.74) is 10.6. The van der Waals surface area contributed by atoms with Gasteiger partial charge in [-0.2, -0.15) is 5.10 Å². The fraction of sp³-hybridized carbons (Fsp3) is 0.444. The van der Waals surface area contributed by atoms with Crippen LogP contribution in [0.25, 0.3) is 11.3 Å². The number of esters is 1. The Morgan fingerprint density at radius 3 is 2.97 bits per heavy atom. The predicted octanol–water partition coefficient (Wildman–Crippen LogP) is 4.27. The highest BCUT2D eigenvalue weighted by Gasteiger charge is 2.45. The summed E-state index contributed by atoms with van der Waals surface area (Å²) in [6, 6.07) is 9.40. The van der Waals surface area contributed by atoms with Crippen molar-refractivity contribution in [3.8, 4) is 17.1 Å². The molecule has 2 unspecified atom stereocenters. The van der Waals surface area contributed by atoms with E-state index in [-0.39, 0.29) is 5.54 Å². The topological polar surface area (TPSA) is 108 Å². The Labute approximate surface area is 225 Å². The molecule has 10 heteroatoms. The first kappa shape index (κ1) is 25.5. The van der Waals surface area contributed by atoms with Gasteiger partial charge in [0, 0.05) is 36.8 Å². The van der Waals surface area contributed by atoms with Crippen LogP contribution in [0, 0.1) is 12.8 Å². The molecular formula is C27H33BrN6O3. The minimum atomic E-state index is -0.398. The van der Waals surface area contributed by atoms with Gasteiger partial charge >= 0.3 is 5.97 Å². The van der Waals surface area contributed by atoms with Crippen LogP contribution >= 0.6 is 15.9 Å². The van der Waals surface area contributed by atoms with E-state index in [0.29, 0.717) is 29.7 Å². The first-order chi connectivity index (χ1) is 17.7. The lowest BCUT2D eigenvalue weighted by molar-refractivity contribution is 0.0600. The molecule has 2 atom stereocenters. The average molecular weight is 570 g/mol. The van der Waals surface area contributed by atoms with Gasteiger partial charge in [0.15, 0.2) is 0 Å². The molecular weight excluding hydrogens is 536 g/mol. The Balaban J connectivity index is 1.27. The van der Waals surface area contributed by atoms with Crippen molar-refractivity contribution in [1.82, 2.24) is 19.7 Å². The second kappa shape index (κ2) is 10.3. The van der Waals surface area contributed by atoms with E-state index < -0.39 is 5.97 Å². The number of piperidine rings is 1. The highest BCUT2D eigenvalue weighted by atomic mass is 79.9.